The van der Waals surface area contributed by atoms with Crippen LogP contribution in [0.1, 0.15) is 50.7 Å². The summed E-state index contributed by atoms with van der Waals surface area (Å²) in [6.07, 6.45) is 2.77. The first kappa shape index (κ1) is 17.7. The molecule has 2 aromatic heterocycles. The fourth-order valence-electron chi connectivity index (χ4n) is 4.09. The van der Waals surface area contributed by atoms with Gasteiger partial charge in [0.05, 0.1) is 23.9 Å². The van der Waals surface area contributed by atoms with Crippen LogP contribution in [0.4, 0.5) is 0 Å². The Bertz CT molecular complexity index is 794. The average molecular weight is 375 g/mol. The summed E-state index contributed by atoms with van der Waals surface area (Å²) in [7, 11) is 0. The van der Waals surface area contributed by atoms with Gasteiger partial charge in [-0.3, -0.25) is 9.69 Å². The van der Waals surface area contributed by atoms with E-state index < -0.39 is 0 Å². The van der Waals surface area contributed by atoms with E-state index in [-0.39, 0.29) is 18.6 Å². The van der Waals surface area contributed by atoms with E-state index in [4.69, 9.17) is 4.52 Å². The molecule has 4 heterocycles. The largest absolute Gasteiger partial charge is 0.394 e. The van der Waals surface area contributed by atoms with Gasteiger partial charge in [0.15, 0.2) is 0 Å². The highest BCUT2D eigenvalue weighted by Gasteiger charge is 2.32. The summed E-state index contributed by atoms with van der Waals surface area (Å²) in [4.78, 5) is 18.5. The minimum absolute atomic E-state index is 0.0160. The molecule has 0 radical (unpaired) electrons. The topological polar surface area (TPSA) is 69.8 Å². The van der Waals surface area contributed by atoms with Gasteiger partial charge in [-0.25, -0.2) is 0 Å². The molecule has 0 spiro atoms. The van der Waals surface area contributed by atoms with Crippen LogP contribution in [-0.4, -0.2) is 51.7 Å². The molecule has 2 aromatic rings. The van der Waals surface area contributed by atoms with Gasteiger partial charge in [0.1, 0.15) is 5.76 Å². The molecule has 1 N–H and O–H groups in total. The van der Waals surface area contributed by atoms with E-state index in [1.807, 2.05) is 24.1 Å². The Labute approximate surface area is 157 Å². The number of thiophene rings is 1. The average Bonchev–Trinajstić information content (AvgIpc) is 3.35. The van der Waals surface area contributed by atoms with Gasteiger partial charge in [-0.2, -0.15) is 0 Å². The van der Waals surface area contributed by atoms with Crippen molar-refractivity contribution in [1.82, 2.24) is 15.0 Å². The van der Waals surface area contributed by atoms with E-state index in [1.165, 1.54) is 16.0 Å². The SMILES string of the molecule is Cc1noc(C)c1CN1CCc2c(C(=O)N3CCC[C@H]3CO)csc2C1. The normalized spacial score (nSPS) is 20.6. The summed E-state index contributed by atoms with van der Waals surface area (Å²) in [6, 6.07) is -0.0160. The molecule has 0 unspecified atom stereocenters. The maximum atomic E-state index is 13.0. The number of nitrogens with zero attached hydrogens (tertiary/aromatic N) is 3. The zero-order valence-corrected chi connectivity index (χ0v) is 16.1. The number of hydrogen-bond donors (Lipinski definition) is 1. The maximum Gasteiger partial charge on any atom is 0.255 e. The summed E-state index contributed by atoms with van der Waals surface area (Å²) in [5.41, 5.74) is 4.18. The van der Waals surface area contributed by atoms with Crippen molar-refractivity contribution in [3.8, 4) is 0 Å². The first-order valence-corrected chi connectivity index (χ1v) is 10.1. The smallest absolute Gasteiger partial charge is 0.255 e. The van der Waals surface area contributed by atoms with Crippen LogP contribution in [0, 0.1) is 13.8 Å². The molecule has 0 saturated carbocycles. The van der Waals surface area contributed by atoms with Gasteiger partial charge in [-0.05, 0) is 38.7 Å². The standard InChI is InChI=1S/C19H25N3O3S/c1-12-16(13(2)25-20-12)8-21-7-5-15-17(11-26-18(15)9-21)19(24)22-6-3-4-14(22)10-23/h11,14,23H,3-10H2,1-2H3/t14-/m0/s1. The fourth-order valence-corrected chi connectivity index (χ4v) is 5.21. The van der Waals surface area contributed by atoms with E-state index >= 15 is 0 Å². The number of rotatable bonds is 4. The van der Waals surface area contributed by atoms with Gasteiger partial charge >= 0.3 is 0 Å². The predicted octanol–water partition coefficient (Wildman–Crippen LogP) is 2.51. The van der Waals surface area contributed by atoms with Crippen LogP contribution in [0.15, 0.2) is 9.90 Å². The fraction of sp³-hybridized carbons (Fsp3) is 0.579. The summed E-state index contributed by atoms with van der Waals surface area (Å²) in [5.74, 6) is 0.984. The Balaban J connectivity index is 1.49. The van der Waals surface area contributed by atoms with Gasteiger partial charge in [-0.1, -0.05) is 5.16 Å². The van der Waals surface area contributed by atoms with E-state index in [2.05, 4.69) is 10.1 Å². The Morgan fingerprint density at radius 1 is 1.42 bits per heavy atom. The quantitative estimate of drug-likeness (QED) is 0.889. The molecule has 7 heteroatoms. The van der Waals surface area contributed by atoms with E-state index in [1.54, 1.807) is 11.3 Å². The van der Waals surface area contributed by atoms with Crippen LogP contribution < -0.4 is 0 Å². The second-order valence-corrected chi connectivity index (χ2v) is 8.26. The van der Waals surface area contributed by atoms with Crippen molar-refractivity contribution in [2.75, 3.05) is 19.7 Å². The van der Waals surface area contributed by atoms with Crippen LogP contribution in [0.25, 0.3) is 0 Å². The van der Waals surface area contributed by atoms with Crippen molar-refractivity contribution in [3.05, 3.63) is 38.4 Å². The first-order chi connectivity index (χ1) is 12.6. The number of likely N-dealkylation sites (tertiary alicyclic amines) is 1. The second-order valence-electron chi connectivity index (χ2n) is 7.29. The molecule has 0 aromatic carbocycles. The number of fused-ring (bicyclic) bond motifs is 1. The van der Waals surface area contributed by atoms with Crippen LogP contribution in [0.2, 0.25) is 0 Å². The molecule has 4 rings (SSSR count). The maximum absolute atomic E-state index is 13.0. The minimum Gasteiger partial charge on any atom is -0.394 e. The highest BCUT2D eigenvalue weighted by molar-refractivity contribution is 7.10. The number of aromatic nitrogens is 1. The number of aliphatic hydroxyl groups is 1. The molecule has 1 atom stereocenters. The van der Waals surface area contributed by atoms with Crippen LogP contribution in [0.5, 0.6) is 0 Å². The number of carbonyl (C=O) groups excluding carboxylic acids is 1. The molecule has 1 saturated heterocycles. The Morgan fingerprint density at radius 2 is 2.27 bits per heavy atom. The van der Waals surface area contributed by atoms with Crippen molar-refractivity contribution in [2.45, 2.75) is 52.2 Å². The van der Waals surface area contributed by atoms with Crippen LogP contribution >= 0.6 is 11.3 Å². The molecule has 26 heavy (non-hydrogen) atoms. The second kappa shape index (κ2) is 7.13. The molecular formula is C19H25N3O3S. The highest BCUT2D eigenvalue weighted by Crippen LogP contribution is 2.32. The Morgan fingerprint density at radius 3 is 3.00 bits per heavy atom. The lowest BCUT2D eigenvalue weighted by Gasteiger charge is -2.28. The summed E-state index contributed by atoms with van der Waals surface area (Å²) >= 11 is 1.68. The zero-order valence-electron chi connectivity index (χ0n) is 15.3. The number of carbonyl (C=O) groups is 1. The summed E-state index contributed by atoms with van der Waals surface area (Å²) < 4.78 is 5.27. The molecule has 1 amide bonds. The lowest BCUT2D eigenvalue weighted by molar-refractivity contribution is 0.0676. The molecule has 6 nitrogen and oxygen atoms in total. The van der Waals surface area contributed by atoms with Crippen LogP contribution in [-0.2, 0) is 19.5 Å². The molecule has 1 fully saturated rings. The van der Waals surface area contributed by atoms with Gasteiger partial charge in [-0.15, -0.1) is 11.3 Å². The van der Waals surface area contributed by atoms with E-state index in [0.717, 1.165) is 62.5 Å². The van der Waals surface area contributed by atoms with Crippen molar-refractivity contribution in [3.63, 3.8) is 0 Å². The monoisotopic (exact) mass is 375 g/mol. The molecule has 2 aliphatic rings. The van der Waals surface area contributed by atoms with E-state index in [9.17, 15) is 9.90 Å². The number of aryl methyl sites for hydroxylation is 2. The summed E-state index contributed by atoms with van der Waals surface area (Å²) in [6.45, 7) is 7.38. The molecule has 2 aliphatic heterocycles. The highest BCUT2D eigenvalue weighted by atomic mass is 32.1. The zero-order chi connectivity index (χ0) is 18.3. The Hall–Kier alpha value is -1.70. The lowest BCUT2D eigenvalue weighted by Crippen LogP contribution is -2.38. The third-order valence-electron chi connectivity index (χ3n) is 5.67. The van der Waals surface area contributed by atoms with Gasteiger partial charge in [0.25, 0.3) is 5.91 Å². The van der Waals surface area contributed by atoms with Crippen LogP contribution in [0.3, 0.4) is 0 Å². The first-order valence-electron chi connectivity index (χ1n) is 9.23. The third-order valence-corrected chi connectivity index (χ3v) is 6.68. The lowest BCUT2D eigenvalue weighted by atomic mass is 10.0. The van der Waals surface area contributed by atoms with Gasteiger partial charge in [0, 0.05) is 42.0 Å². The molecule has 0 aliphatic carbocycles. The number of hydrogen-bond acceptors (Lipinski definition) is 6. The Kier molecular flexibility index (Phi) is 4.86. The van der Waals surface area contributed by atoms with Gasteiger partial charge in [0.2, 0.25) is 0 Å². The third kappa shape index (κ3) is 3.08. The predicted molar refractivity (Wildman–Crippen MR) is 99.3 cm³/mol. The van der Waals surface area contributed by atoms with Crippen molar-refractivity contribution in [2.24, 2.45) is 0 Å². The molecule has 0 bridgehead atoms. The van der Waals surface area contributed by atoms with Gasteiger partial charge < -0.3 is 14.5 Å². The minimum atomic E-state index is -0.0160. The molecule has 140 valence electrons. The van der Waals surface area contributed by atoms with Crippen molar-refractivity contribution >= 4 is 17.2 Å². The summed E-state index contributed by atoms with van der Waals surface area (Å²) in [5, 5.41) is 15.6. The number of aliphatic hydroxyl groups excluding tert-OH is 1. The molecular weight excluding hydrogens is 350 g/mol. The number of amides is 1. The van der Waals surface area contributed by atoms with Crippen molar-refractivity contribution in [1.29, 1.82) is 0 Å². The van der Waals surface area contributed by atoms with Crippen molar-refractivity contribution < 1.29 is 14.4 Å². The van der Waals surface area contributed by atoms with E-state index in [0.29, 0.717) is 0 Å².